The van der Waals surface area contributed by atoms with Crippen molar-refractivity contribution >= 4 is 12.0 Å². The molecular formula is C11H19NO3. The van der Waals surface area contributed by atoms with Crippen LogP contribution in [0.4, 0.5) is 4.79 Å². The second-order valence-electron chi connectivity index (χ2n) is 5.84. The predicted octanol–water partition coefficient (Wildman–Crippen LogP) is 2.18. The summed E-state index contributed by atoms with van der Waals surface area (Å²) in [5, 5.41) is 0. The lowest BCUT2D eigenvalue weighted by Crippen LogP contribution is -2.36. The standard InChI is InChI=1S/C11H19NO3/c1-10(2,3)6-8(13)12-7-11(4,5)15-9(12)14/h6-7H2,1-5H3. The summed E-state index contributed by atoms with van der Waals surface area (Å²) in [6.07, 6.45) is -0.160. The molecule has 1 heterocycles. The zero-order chi connectivity index (χ0) is 11.9. The van der Waals surface area contributed by atoms with Gasteiger partial charge < -0.3 is 4.74 Å². The third-order valence-corrected chi connectivity index (χ3v) is 2.11. The summed E-state index contributed by atoms with van der Waals surface area (Å²) in [5.74, 6) is -0.155. The fraction of sp³-hybridized carbons (Fsp3) is 0.818. The van der Waals surface area contributed by atoms with Gasteiger partial charge in [0.1, 0.15) is 5.60 Å². The molecule has 1 rings (SSSR count). The molecule has 4 nitrogen and oxygen atoms in total. The highest BCUT2D eigenvalue weighted by atomic mass is 16.6. The van der Waals surface area contributed by atoms with E-state index in [9.17, 15) is 9.59 Å². The minimum atomic E-state index is -0.551. The Morgan fingerprint density at radius 2 is 2.00 bits per heavy atom. The van der Waals surface area contributed by atoms with Crippen molar-refractivity contribution in [3.05, 3.63) is 0 Å². The lowest BCUT2D eigenvalue weighted by molar-refractivity contribution is -0.129. The van der Waals surface area contributed by atoms with E-state index in [1.165, 1.54) is 4.90 Å². The van der Waals surface area contributed by atoms with Crippen LogP contribution < -0.4 is 0 Å². The summed E-state index contributed by atoms with van der Waals surface area (Å²) in [7, 11) is 0. The Balaban J connectivity index is 2.67. The highest BCUT2D eigenvalue weighted by Gasteiger charge is 2.41. The van der Waals surface area contributed by atoms with Crippen LogP contribution in [0.5, 0.6) is 0 Å². The van der Waals surface area contributed by atoms with Crippen molar-refractivity contribution in [2.75, 3.05) is 6.54 Å². The number of nitrogens with zero attached hydrogens (tertiary/aromatic N) is 1. The minimum Gasteiger partial charge on any atom is -0.441 e. The van der Waals surface area contributed by atoms with E-state index in [1.54, 1.807) is 13.8 Å². The molecule has 0 atom stereocenters. The summed E-state index contributed by atoms with van der Waals surface area (Å²) in [5.41, 5.74) is -0.658. The number of carbonyl (C=O) groups is 2. The fourth-order valence-corrected chi connectivity index (χ4v) is 1.51. The highest BCUT2D eigenvalue weighted by Crippen LogP contribution is 2.26. The number of imide groups is 1. The van der Waals surface area contributed by atoms with Gasteiger partial charge in [-0.3, -0.25) is 4.79 Å². The molecule has 0 radical (unpaired) electrons. The molecule has 15 heavy (non-hydrogen) atoms. The molecule has 4 heteroatoms. The Morgan fingerprint density at radius 3 is 2.33 bits per heavy atom. The third kappa shape index (κ3) is 3.22. The van der Waals surface area contributed by atoms with Gasteiger partial charge in [-0.05, 0) is 19.3 Å². The van der Waals surface area contributed by atoms with Crippen molar-refractivity contribution in [1.29, 1.82) is 0 Å². The van der Waals surface area contributed by atoms with Gasteiger partial charge in [-0.1, -0.05) is 20.8 Å². The second-order valence-corrected chi connectivity index (χ2v) is 5.84. The Morgan fingerprint density at radius 1 is 1.47 bits per heavy atom. The molecule has 0 aliphatic carbocycles. The topological polar surface area (TPSA) is 46.6 Å². The monoisotopic (exact) mass is 213 g/mol. The number of ether oxygens (including phenoxy) is 1. The molecule has 1 saturated heterocycles. The minimum absolute atomic E-state index is 0.107. The van der Waals surface area contributed by atoms with Crippen LogP contribution in [0.2, 0.25) is 0 Å². The first-order valence-electron chi connectivity index (χ1n) is 5.14. The second kappa shape index (κ2) is 3.51. The van der Waals surface area contributed by atoms with E-state index in [0.717, 1.165) is 0 Å². The van der Waals surface area contributed by atoms with Gasteiger partial charge in [0.15, 0.2) is 0 Å². The van der Waals surface area contributed by atoms with Gasteiger partial charge in [0.05, 0.1) is 6.54 Å². The van der Waals surface area contributed by atoms with Crippen molar-refractivity contribution in [2.45, 2.75) is 46.6 Å². The number of rotatable bonds is 1. The maximum Gasteiger partial charge on any atom is 0.417 e. The van der Waals surface area contributed by atoms with E-state index in [2.05, 4.69) is 0 Å². The summed E-state index contributed by atoms with van der Waals surface area (Å²) in [6, 6.07) is 0. The Hall–Kier alpha value is -1.06. The number of hydrogen-bond acceptors (Lipinski definition) is 3. The van der Waals surface area contributed by atoms with Gasteiger partial charge in [-0.25, -0.2) is 9.69 Å². The molecule has 0 aromatic carbocycles. The largest absolute Gasteiger partial charge is 0.441 e. The average Bonchev–Trinajstić information content (AvgIpc) is 2.20. The van der Waals surface area contributed by atoms with Crippen molar-refractivity contribution in [3.8, 4) is 0 Å². The van der Waals surface area contributed by atoms with Crippen LogP contribution in [0.1, 0.15) is 41.0 Å². The average molecular weight is 213 g/mol. The van der Waals surface area contributed by atoms with Crippen LogP contribution in [-0.2, 0) is 9.53 Å². The summed E-state index contributed by atoms with van der Waals surface area (Å²) in [6.45, 7) is 9.86. The van der Waals surface area contributed by atoms with Crippen molar-refractivity contribution < 1.29 is 14.3 Å². The van der Waals surface area contributed by atoms with Crippen molar-refractivity contribution in [3.63, 3.8) is 0 Å². The summed E-state index contributed by atoms with van der Waals surface area (Å²) < 4.78 is 5.06. The quantitative estimate of drug-likeness (QED) is 0.670. The summed E-state index contributed by atoms with van der Waals surface area (Å²) >= 11 is 0. The molecule has 1 aliphatic rings. The molecule has 0 N–H and O–H groups in total. The normalized spacial score (nSPS) is 20.3. The predicted molar refractivity (Wildman–Crippen MR) is 56.3 cm³/mol. The third-order valence-electron chi connectivity index (χ3n) is 2.11. The Kier molecular flexibility index (Phi) is 2.81. The van der Waals surface area contributed by atoms with E-state index in [-0.39, 0.29) is 11.3 Å². The van der Waals surface area contributed by atoms with Crippen LogP contribution in [0.25, 0.3) is 0 Å². The fourth-order valence-electron chi connectivity index (χ4n) is 1.51. The molecule has 1 aliphatic heterocycles. The van der Waals surface area contributed by atoms with E-state index in [4.69, 9.17) is 4.74 Å². The Bertz CT molecular complexity index is 289. The number of amides is 2. The molecule has 0 aromatic rings. The first kappa shape index (κ1) is 12.0. The number of carbonyl (C=O) groups excluding carboxylic acids is 2. The summed E-state index contributed by atoms with van der Waals surface area (Å²) in [4.78, 5) is 24.4. The lowest BCUT2D eigenvalue weighted by atomic mass is 9.91. The molecule has 0 saturated carbocycles. The van der Waals surface area contributed by atoms with Gasteiger partial charge in [-0.15, -0.1) is 0 Å². The number of cyclic esters (lactones) is 1. The van der Waals surface area contributed by atoms with Crippen LogP contribution in [0.3, 0.4) is 0 Å². The Labute approximate surface area is 90.6 Å². The molecule has 1 fully saturated rings. The van der Waals surface area contributed by atoms with Crippen LogP contribution in [0.15, 0.2) is 0 Å². The molecular weight excluding hydrogens is 194 g/mol. The van der Waals surface area contributed by atoms with Gasteiger partial charge in [-0.2, -0.15) is 0 Å². The van der Waals surface area contributed by atoms with Gasteiger partial charge in [0, 0.05) is 6.42 Å². The van der Waals surface area contributed by atoms with Crippen LogP contribution in [-0.4, -0.2) is 29.0 Å². The molecule has 0 unspecified atom stereocenters. The van der Waals surface area contributed by atoms with Gasteiger partial charge >= 0.3 is 6.09 Å². The maximum atomic E-state index is 11.8. The van der Waals surface area contributed by atoms with E-state index >= 15 is 0 Å². The van der Waals surface area contributed by atoms with E-state index < -0.39 is 11.7 Å². The molecule has 0 spiro atoms. The smallest absolute Gasteiger partial charge is 0.417 e. The molecule has 0 bridgehead atoms. The molecule has 0 aromatic heterocycles. The lowest BCUT2D eigenvalue weighted by Gasteiger charge is -2.20. The highest BCUT2D eigenvalue weighted by molar-refractivity contribution is 5.93. The van der Waals surface area contributed by atoms with E-state index in [0.29, 0.717) is 13.0 Å². The SMILES string of the molecule is CC(C)(C)CC(=O)N1CC(C)(C)OC1=O. The van der Waals surface area contributed by atoms with Crippen LogP contribution in [0, 0.1) is 5.41 Å². The number of hydrogen-bond donors (Lipinski definition) is 0. The zero-order valence-electron chi connectivity index (χ0n) is 10.1. The maximum absolute atomic E-state index is 11.8. The first-order chi connectivity index (χ1) is 6.61. The van der Waals surface area contributed by atoms with Crippen molar-refractivity contribution in [2.24, 2.45) is 5.41 Å². The molecule has 2 amide bonds. The first-order valence-corrected chi connectivity index (χ1v) is 5.14. The van der Waals surface area contributed by atoms with Gasteiger partial charge in [0.2, 0.25) is 5.91 Å². The van der Waals surface area contributed by atoms with Crippen molar-refractivity contribution in [1.82, 2.24) is 4.90 Å². The molecule has 86 valence electrons. The van der Waals surface area contributed by atoms with Crippen LogP contribution >= 0.6 is 0 Å². The zero-order valence-corrected chi connectivity index (χ0v) is 10.1. The van der Waals surface area contributed by atoms with Gasteiger partial charge in [0.25, 0.3) is 0 Å². The van der Waals surface area contributed by atoms with E-state index in [1.807, 2.05) is 20.8 Å².